The SMILES string of the molecule is CC(C)c1ccccc1.CCCCCCCCS. The Balaban J connectivity index is 0.000000321. The fraction of sp³-hybridized carbons (Fsp3) is 0.647. The Morgan fingerprint density at radius 3 is 1.89 bits per heavy atom. The van der Waals surface area contributed by atoms with Gasteiger partial charge in [-0.15, -0.1) is 0 Å². The van der Waals surface area contributed by atoms with Crippen LogP contribution in [-0.2, 0) is 0 Å². The molecule has 0 nitrogen and oxygen atoms in total. The standard InChI is InChI=1S/C9H12.C8H18S/c1-8(2)9-6-4-3-5-7-9;1-2-3-4-5-6-7-8-9/h3-8H,1-2H3;9H,2-8H2,1H3. The maximum absolute atomic E-state index is 4.15. The van der Waals surface area contributed by atoms with Crippen LogP contribution in [0.15, 0.2) is 30.3 Å². The Morgan fingerprint density at radius 1 is 0.889 bits per heavy atom. The van der Waals surface area contributed by atoms with Gasteiger partial charge >= 0.3 is 0 Å². The second kappa shape index (κ2) is 13.0. The molecule has 0 amide bonds. The molecule has 0 heterocycles. The van der Waals surface area contributed by atoms with Gasteiger partial charge in [-0.25, -0.2) is 0 Å². The number of thiol groups is 1. The molecule has 0 bridgehead atoms. The van der Waals surface area contributed by atoms with Crippen molar-refractivity contribution in [2.24, 2.45) is 0 Å². The molecule has 104 valence electrons. The van der Waals surface area contributed by atoms with Gasteiger partial charge in [0.2, 0.25) is 0 Å². The quantitative estimate of drug-likeness (QED) is 0.448. The highest BCUT2D eigenvalue weighted by Gasteiger charge is 1.93. The van der Waals surface area contributed by atoms with Crippen LogP contribution in [0.2, 0.25) is 0 Å². The molecule has 0 fully saturated rings. The van der Waals surface area contributed by atoms with Crippen LogP contribution in [0, 0.1) is 0 Å². The summed E-state index contributed by atoms with van der Waals surface area (Å²) in [6.45, 7) is 6.66. The highest BCUT2D eigenvalue weighted by Crippen LogP contribution is 2.11. The Labute approximate surface area is 120 Å². The lowest BCUT2D eigenvalue weighted by Gasteiger charge is -2.01. The minimum atomic E-state index is 0.659. The lowest BCUT2D eigenvalue weighted by molar-refractivity contribution is 0.627. The first-order valence-corrected chi connectivity index (χ1v) is 8.01. The van der Waals surface area contributed by atoms with Crippen molar-refractivity contribution in [3.05, 3.63) is 35.9 Å². The van der Waals surface area contributed by atoms with E-state index in [1.165, 1.54) is 44.1 Å². The van der Waals surface area contributed by atoms with Crippen molar-refractivity contribution in [1.29, 1.82) is 0 Å². The molecule has 0 aromatic heterocycles. The van der Waals surface area contributed by atoms with E-state index >= 15 is 0 Å². The molecule has 0 aliphatic carbocycles. The molecule has 1 aromatic rings. The van der Waals surface area contributed by atoms with Gasteiger partial charge in [0.05, 0.1) is 0 Å². The van der Waals surface area contributed by atoms with Gasteiger partial charge in [0.15, 0.2) is 0 Å². The van der Waals surface area contributed by atoms with Gasteiger partial charge in [0.25, 0.3) is 0 Å². The van der Waals surface area contributed by atoms with Crippen LogP contribution in [0.5, 0.6) is 0 Å². The lowest BCUT2D eigenvalue weighted by atomic mass is 10.0. The van der Waals surface area contributed by atoms with Crippen LogP contribution in [-0.4, -0.2) is 5.75 Å². The van der Waals surface area contributed by atoms with Crippen molar-refractivity contribution >= 4 is 12.6 Å². The van der Waals surface area contributed by atoms with Gasteiger partial charge in [-0.2, -0.15) is 12.6 Å². The van der Waals surface area contributed by atoms with Crippen LogP contribution in [0.3, 0.4) is 0 Å². The van der Waals surface area contributed by atoms with Crippen LogP contribution in [0.25, 0.3) is 0 Å². The average Bonchev–Trinajstić information content (AvgIpc) is 2.40. The third-order valence-electron chi connectivity index (χ3n) is 2.98. The Morgan fingerprint density at radius 2 is 1.44 bits per heavy atom. The zero-order valence-electron chi connectivity index (χ0n) is 12.4. The Hall–Kier alpha value is -0.430. The van der Waals surface area contributed by atoms with E-state index in [1.54, 1.807) is 0 Å². The molecular formula is C17H30S. The van der Waals surface area contributed by atoms with Crippen molar-refractivity contribution in [2.75, 3.05) is 5.75 Å². The van der Waals surface area contributed by atoms with Gasteiger partial charge in [-0.05, 0) is 23.7 Å². The summed E-state index contributed by atoms with van der Waals surface area (Å²) in [4.78, 5) is 0. The largest absolute Gasteiger partial charge is 0.179 e. The summed E-state index contributed by atoms with van der Waals surface area (Å²) < 4.78 is 0. The van der Waals surface area contributed by atoms with E-state index < -0.39 is 0 Å². The molecule has 0 aliphatic heterocycles. The van der Waals surface area contributed by atoms with E-state index in [1.807, 2.05) is 6.07 Å². The zero-order valence-corrected chi connectivity index (χ0v) is 13.3. The molecule has 0 atom stereocenters. The molecule has 0 saturated carbocycles. The van der Waals surface area contributed by atoms with Crippen LogP contribution in [0.4, 0.5) is 0 Å². The minimum absolute atomic E-state index is 0.659. The fourth-order valence-electron chi connectivity index (χ4n) is 1.73. The highest BCUT2D eigenvalue weighted by atomic mass is 32.1. The first-order chi connectivity index (χ1) is 8.72. The van der Waals surface area contributed by atoms with E-state index in [-0.39, 0.29) is 0 Å². The summed E-state index contributed by atoms with van der Waals surface area (Å²) in [6.07, 6.45) is 8.27. The molecule has 18 heavy (non-hydrogen) atoms. The normalized spacial score (nSPS) is 10.1. The van der Waals surface area contributed by atoms with E-state index in [0.29, 0.717) is 5.92 Å². The summed E-state index contributed by atoms with van der Waals surface area (Å²) in [5, 5.41) is 0. The predicted molar refractivity (Wildman–Crippen MR) is 87.8 cm³/mol. The predicted octanol–water partition coefficient (Wildman–Crippen LogP) is 6.09. The molecular weight excluding hydrogens is 236 g/mol. The molecule has 1 aromatic carbocycles. The number of rotatable bonds is 7. The second-order valence-electron chi connectivity index (χ2n) is 5.06. The van der Waals surface area contributed by atoms with Gasteiger partial charge < -0.3 is 0 Å². The van der Waals surface area contributed by atoms with Gasteiger partial charge in [-0.1, -0.05) is 83.2 Å². The maximum Gasteiger partial charge on any atom is -0.00979 e. The van der Waals surface area contributed by atoms with E-state index in [4.69, 9.17) is 0 Å². The molecule has 0 spiro atoms. The van der Waals surface area contributed by atoms with Gasteiger partial charge in [0.1, 0.15) is 0 Å². The number of benzene rings is 1. The molecule has 1 rings (SSSR count). The summed E-state index contributed by atoms with van der Waals surface area (Å²) in [5.41, 5.74) is 1.41. The molecule has 0 radical (unpaired) electrons. The van der Waals surface area contributed by atoms with Crippen molar-refractivity contribution in [3.63, 3.8) is 0 Å². The third kappa shape index (κ3) is 10.7. The first-order valence-electron chi connectivity index (χ1n) is 7.38. The zero-order chi connectivity index (χ0) is 13.6. The van der Waals surface area contributed by atoms with Crippen LogP contribution >= 0.6 is 12.6 Å². The highest BCUT2D eigenvalue weighted by molar-refractivity contribution is 7.80. The summed E-state index contributed by atoms with van der Waals surface area (Å²) in [5.74, 6) is 1.72. The Bertz CT molecular complexity index is 248. The van der Waals surface area contributed by atoms with Crippen molar-refractivity contribution < 1.29 is 0 Å². The lowest BCUT2D eigenvalue weighted by Crippen LogP contribution is -1.83. The van der Waals surface area contributed by atoms with E-state index in [0.717, 1.165) is 5.75 Å². The molecule has 0 unspecified atom stereocenters. The third-order valence-corrected chi connectivity index (χ3v) is 3.29. The average molecular weight is 266 g/mol. The summed E-state index contributed by atoms with van der Waals surface area (Å²) in [6, 6.07) is 10.5. The molecule has 0 aliphatic rings. The number of hydrogen-bond donors (Lipinski definition) is 1. The molecule has 0 saturated heterocycles. The van der Waals surface area contributed by atoms with E-state index in [9.17, 15) is 0 Å². The maximum atomic E-state index is 4.15. The topological polar surface area (TPSA) is 0 Å². The van der Waals surface area contributed by atoms with Crippen LogP contribution < -0.4 is 0 Å². The first kappa shape index (κ1) is 17.6. The van der Waals surface area contributed by atoms with E-state index in [2.05, 4.69) is 57.7 Å². The van der Waals surface area contributed by atoms with Crippen molar-refractivity contribution in [3.8, 4) is 0 Å². The summed E-state index contributed by atoms with van der Waals surface area (Å²) in [7, 11) is 0. The minimum Gasteiger partial charge on any atom is -0.179 e. The van der Waals surface area contributed by atoms with Crippen molar-refractivity contribution in [1.82, 2.24) is 0 Å². The van der Waals surface area contributed by atoms with Crippen molar-refractivity contribution in [2.45, 2.75) is 65.2 Å². The smallest absolute Gasteiger partial charge is 0.00979 e. The van der Waals surface area contributed by atoms with Gasteiger partial charge in [0, 0.05) is 0 Å². The van der Waals surface area contributed by atoms with Gasteiger partial charge in [-0.3, -0.25) is 0 Å². The number of unbranched alkanes of at least 4 members (excludes halogenated alkanes) is 5. The fourth-order valence-corrected chi connectivity index (χ4v) is 1.95. The Kier molecular flexibility index (Phi) is 12.7. The summed E-state index contributed by atoms with van der Waals surface area (Å²) >= 11 is 4.15. The number of hydrogen-bond acceptors (Lipinski definition) is 1. The molecule has 0 N–H and O–H groups in total. The van der Waals surface area contributed by atoms with Crippen LogP contribution in [0.1, 0.15) is 70.8 Å². The second-order valence-corrected chi connectivity index (χ2v) is 5.50. The monoisotopic (exact) mass is 266 g/mol. The molecule has 1 heteroatoms.